The molecule has 212 valence electrons. The van der Waals surface area contributed by atoms with Crippen LogP contribution in [0, 0.1) is 0 Å². The quantitative estimate of drug-likeness (QED) is 0.298. The Morgan fingerprint density at radius 2 is 1.93 bits per heavy atom. The molecule has 2 aliphatic heterocycles. The summed E-state index contributed by atoms with van der Waals surface area (Å²) >= 11 is 1.29. The number of fused-ring (bicyclic) bond motifs is 1. The van der Waals surface area contributed by atoms with E-state index in [-0.39, 0.29) is 22.0 Å². The van der Waals surface area contributed by atoms with Gasteiger partial charge in [0, 0.05) is 31.1 Å². The fraction of sp³-hybridized carbons (Fsp3) is 0.481. The number of ether oxygens (including phenoxy) is 1. The smallest absolute Gasteiger partial charge is 0.280 e. The van der Waals surface area contributed by atoms with Crippen LogP contribution in [0.3, 0.4) is 0 Å². The van der Waals surface area contributed by atoms with E-state index >= 15 is 0 Å². The van der Waals surface area contributed by atoms with E-state index in [2.05, 4.69) is 39.4 Å². The van der Waals surface area contributed by atoms with Gasteiger partial charge in [0.1, 0.15) is 16.2 Å². The van der Waals surface area contributed by atoms with E-state index in [1.54, 1.807) is 12.1 Å². The van der Waals surface area contributed by atoms with Gasteiger partial charge in [0.15, 0.2) is 26.8 Å². The monoisotopic (exact) mass is 584 g/mol. The second kappa shape index (κ2) is 11.0. The summed E-state index contributed by atoms with van der Waals surface area (Å²) < 4.78 is 30.6. The number of anilines is 2. The highest BCUT2D eigenvalue weighted by molar-refractivity contribution is 7.92. The van der Waals surface area contributed by atoms with Gasteiger partial charge < -0.3 is 19.4 Å². The third-order valence-electron chi connectivity index (χ3n) is 7.49. The van der Waals surface area contributed by atoms with E-state index in [0.29, 0.717) is 54.7 Å². The molecule has 1 saturated carbocycles. The minimum absolute atomic E-state index is 0.0296. The minimum Gasteiger partial charge on any atom is -0.389 e. The number of carbonyl (C=O) groups is 1. The number of aromatic nitrogens is 2. The number of pyridine rings is 1. The van der Waals surface area contributed by atoms with Crippen LogP contribution in [-0.4, -0.2) is 92.7 Å². The molecule has 1 aromatic carbocycles. The predicted octanol–water partition coefficient (Wildman–Crippen LogP) is 2.92. The first-order valence-electron chi connectivity index (χ1n) is 13.4. The first-order valence-corrected chi connectivity index (χ1v) is 15.8. The van der Waals surface area contributed by atoms with Crippen molar-refractivity contribution in [2.75, 3.05) is 50.6 Å². The Bertz CT molecular complexity index is 1530. The molecule has 3 aliphatic rings. The third-order valence-corrected chi connectivity index (χ3v) is 10.7. The number of likely N-dealkylation sites (N-methyl/N-ethyl adjacent to an activating group) is 1. The molecule has 0 bridgehead atoms. The van der Waals surface area contributed by atoms with Gasteiger partial charge in [-0.2, -0.15) is 0 Å². The normalized spacial score (nSPS) is 21.9. The number of amides is 1. The highest BCUT2D eigenvalue weighted by Gasteiger charge is 2.37. The van der Waals surface area contributed by atoms with Crippen LogP contribution in [0.2, 0.25) is 0 Å². The molecular formula is C27H32N6O5S2. The van der Waals surface area contributed by atoms with Crippen molar-refractivity contribution in [3.63, 3.8) is 0 Å². The second-order valence-electron chi connectivity index (χ2n) is 10.6. The minimum atomic E-state index is -3.34. The highest BCUT2D eigenvalue weighted by Crippen LogP contribution is 2.33. The number of benzene rings is 1. The predicted molar refractivity (Wildman–Crippen MR) is 154 cm³/mol. The van der Waals surface area contributed by atoms with Gasteiger partial charge in [0.05, 0.1) is 23.4 Å². The summed E-state index contributed by atoms with van der Waals surface area (Å²) in [7, 11) is 0.846. The van der Waals surface area contributed by atoms with E-state index in [1.165, 1.54) is 23.5 Å². The van der Waals surface area contributed by atoms with Gasteiger partial charge in [0.2, 0.25) is 0 Å². The van der Waals surface area contributed by atoms with Crippen LogP contribution in [0.15, 0.2) is 46.4 Å². The zero-order chi connectivity index (χ0) is 27.9. The van der Waals surface area contributed by atoms with Crippen LogP contribution in [0.25, 0.3) is 10.3 Å². The lowest BCUT2D eigenvalue weighted by molar-refractivity contribution is -0.110. The van der Waals surface area contributed by atoms with Crippen LogP contribution in [-0.2, 0) is 24.2 Å². The van der Waals surface area contributed by atoms with Gasteiger partial charge in [-0.15, -0.1) is 0 Å². The number of hydrogen-bond acceptors (Lipinski definition) is 11. The number of nitrogens with one attached hydrogen (secondary N) is 1. The molecule has 4 heterocycles. The Kier molecular flexibility index (Phi) is 7.46. The lowest BCUT2D eigenvalue weighted by atomic mass is 10.1. The Hall–Kier alpha value is -3.13. The van der Waals surface area contributed by atoms with Crippen molar-refractivity contribution in [1.82, 2.24) is 14.9 Å². The maximum absolute atomic E-state index is 13.4. The number of carbonyl (C=O) groups excluding carboxylic acids is 1. The molecule has 2 aromatic heterocycles. The molecule has 2 atom stereocenters. The van der Waals surface area contributed by atoms with Crippen molar-refractivity contribution >= 4 is 54.1 Å². The zero-order valence-corrected chi connectivity index (χ0v) is 24.1. The summed E-state index contributed by atoms with van der Waals surface area (Å²) in [5.41, 5.74) is 1.17. The van der Waals surface area contributed by atoms with Gasteiger partial charge in [-0.05, 0) is 57.6 Å². The Labute approximate surface area is 237 Å². The zero-order valence-electron chi connectivity index (χ0n) is 22.4. The van der Waals surface area contributed by atoms with E-state index in [9.17, 15) is 13.2 Å². The molecule has 40 heavy (non-hydrogen) atoms. The number of hydrogen-bond donors (Lipinski definition) is 1. The van der Waals surface area contributed by atoms with E-state index in [1.807, 2.05) is 12.1 Å². The fourth-order valence-corrected chi connectivity index (χ4v) is 7.37. The van der Waals surface area contributed by atoms with Crippen molar-refractivity contribution in [3.05, 3.63) is 42.0 Å². The fourth-order valence-electron chi connectivity index (χ4n) is 4.89. The number of oxime groups is 1. The molecule has 1 amide bonds. The third kappa shape index (κ3) is 5.69. The molecule has 1 aliphatic carbocycles. The van der Waals surface area contributed by atoms with E-state index in [0.717, 1.165) is 30.2 Å². The second-order valence-corrected chi connectivity index (χ2v) is 13.8. The number of thiazole rings is 1. The largest absolute Gasteiger partial charge is 0.389 e. The molecule has 0 spiro atoms. The summed E-state index contributed by atoms with van der Waals surface area (Å²) in [4.78, 5) is 33.9. The van der Waals surface area contributed by atoms with Crippen molar-refractivity contribution in [2.24, 2.45) is 5.16 Å². The average Bonchev–Trinajstić information content (AvgIpc) is 3.31. The lowest BCUT2D eigenvalue weighted by Crippen LogP contribution is -2.31. The SMILES string of the molecule is CN(C)C1CCN(c2ccc3nc(NC(=O)/C(=N/O[C@@H]4CCOC4)c4ccc(S(=O)(=O)C5CC5)cc4)sc3n2)C1. The Morgan fingerprint density at radius 1 is 1.12 bits per heavy atom. The molecule has 0 radical (unpaired) electrons. The number of rotatable bonds is 9. The summed E-state index contributed by atoms with van der Waals surface area (Å²) in [5.74, 6) is 0.387. The summed E-state index contributed by atoms with van der Waals surface area (Å²) in [6.07, 6.45) is 2.88. The topological polar surface area (TPSA) is 126 Å². The van der Waals surface area contributed by atoms with Crippen molar-refractivity contribution < 1.29 is 22.8 Å². The summed E-state index contributed by atoms with van der Waals surface area (Å²) in [6, 6.07) is 10.6. The highest BCUT2D eigenvalue weighted by atomic mass is 32.2. The molecule has 1 unspecified atom stereocenters. The Balaban J connectivity index is 1.22. The van der Waals surface area contributed by atoms with Gasteiger partial charge in [-0.25, -0.2) is 18.4 Å². The van der Waals surface area contributed by atoms with Gasteiger partial charge in [-0.3, -0.25) is 10.1 Å². The van der Waals surface area contributed by atoms with Crippen LogP contribution < -0.4 is 10.2 Å². The van der Waals surface area contributed by atoms with Crippen molar-refractivity contribution in [1.29, 1.82) is 0 Å². The van der Waals surface area contributed by atoms with Gasteiger partial charge in [0.25, 0.3) is 5.91 Å². The van der Waals surface area contributed by atoms with Gasteiger partial charge in [-0.1, -0.05) is 28.6 Å². The molecular weight excluding hydrogens is 552 g/mol. The number of nitrogens with zero attached hydrogens (tertiary/aromatic N) is 5. The number of sulfone groups is 1. The van der Waals surface area contributed by atoms with E-state index in [4.69, 9.17) is 14.6 Å². The molecule has 11 nitrogen and oxygen atoms in total. The van der Waals surface area contributed by atoms with Crippen LogP contribution in [0.1, 0.15) is 31.2 Å². The first-order chi connectivity index (χ1) is 19.3. The average molecular weight is 585 g/mol. The summed E-state index contributed by atoms with van der Waals surface area (Å²) in [5, 5.41) is 7.10. The van der Waals surface area contributed by atoms with Crippen LogP contribution in [0.4, 0.5) is 10.9 Å². The van der Waals surface area contributed by atoms with Crippen molar-refractivity contribution in [3.8, 4) is 0 Å². The lowest BCUT2D eigenvalue weighted by Gasteiger charge is -2.20. The van der Waals surface area contributed by atoms with Crippen molar-refractivity contribution in [2.45, 2.75) is 48.0 Å². The standard InChI is InChI=1S/C27H32N6O5S2/c1-32(2)18-11-13-33(15-18)23-10-9-22-26(29-23)39-27(28-22)30-25(34)24(31-38-19-12-14-37-16-19)17-3-5-20(6-4-17)40(35,36)21-7-8-21/h3-6,9-10,18-19,21H,7-8,11-16H2,1-2H3,(H,28,30,34)/b31-24+/t18?,19-/m1/s1. The molecule has 1 N–H and O–H groups in total. The maximum Gasteiger partial charge on any atom is 0.280 e. The van der Waals surface area contributed by atoms with E-state index < -0.39 is 15.7 Å². The molecule has 6 rings (SSSR count). The molecule has 2 saturated heterocycles. The van der Waals surface area contributed by atoms with Gasteiger partial charge >= 0.3 is 0 Å². The first kappa shape index (κ1) is 27.1. The molecule has 3 fully saturated rings. The summed E-state index contributed by atoms with van der Waals surface area (Å²) in [6.45, 7) is 2.83. The Morgan fingerprint density at radius 3 is 2.60 bits per heavy atom. The van der Waals surface area contributed by atoms with Crippen LogP contribution >= 0.6 is 11.3 Å². The maximum atomic E-state index is 13.4. The molecule has 13 heteroatoms. The molecule has 3 aromatic rings. The van der Waals surface area contributed by atoms with Crippen LogP contribution in [0.5, 0.6) is 0 Å².